The summed E-state index contributed by atoms with van der Waals surface area (Å²) in [7, 11) is 1.63. The molecule has 0 spiro atoms. The van der Waals surface area contributed by atoms with Crippen LogP contribution in [0.5, 0.6) is 5.75 Å². The molecular weight excluding hydrogens is 344 g/mol. The second-order valence-corrected chi connectivity index (χ2v) is 6.53. The highest BCUT2D eigenvalue weighted by Gasteiger charge is 2.48. The van der Waals surface area contributed by atoms with Crippen LogP contribution >= 0.6 is 11.6 Å². The van der Waals surface area contributed by atoms with Crippen molar-refractivity contribution < 1.29 is 14.3 Å². The smallest absolute Gasteiger partial charge is 0.278 e. The number of likely N-dealkylation sites (N-methyl/N-ethyl adjacent to an activating group) is 1. The van der Waals surface area contributed by atoms with E-state index in [9.17, 15) is 9.59 Å². The minimum atomic E-state index is -1.64. The molecule has 0 saturated carbocycles. The van der Waals surface area contributed by atoms with Gasteiger partial charge in [-0.3, -0.25) is 14.3 Å². The summed E-state index contributed by atoms with van der Waals surface area (Å²) in [5.41, 5.74) is -0.310. The number of hydrogen-bond acceptors (Lipinski definition) is 4. The van der Waals surface area contributed by atoms with Crippen LogP contribution in [0.4, 0.5) is 5.69 Å². The molecule has 0 aliphatic carbocycles. The number of aromatic nitrogens is 2. The van der Waals surface area contributed by atoms with E-state index >= 15 is 0 Å². The molecule has 2 aromatic rings. The number of ether oxygens (including phenoxy) is 1. The first-order valence-electron chi connectivity index (χ1n) is 7.90. The number of nitrogens with one attached hydrogen (secondary N) is 1. The number of amides is 2. The van der Waals surface area contributed by atoms with E-state index in [4.69, 9.17) is 16.3 Å². The number of anilines is 1. The van der Waals surface area contributed by atoms with E-state index < -0.39 is 17.4 Å². The summed E-state index contributed by atoms with van der Waals surface area (Å²) in [4.78, 5) is 26.8. The van der Waals surface area contributed by atoms with Crippen LogP contribution in [0, 0.1) is 0 Å². The summed E-state index contributed by atoms with van der Waals surface area (Å²) in [6, 6.07) is 4.86. The van der Waals surface area contributed by atoms with Crippen molar-refractivity contribution >= 4 is 29.1 Å². The SMILES string of the molecule is CCn1cc(CN(C)C(=O)C2(C)Oc3ccc(Cl)cc3NC2=O)cn1. The van der Waals surface area contributed by atoms with Crippen LogP contribution in [0.3, 0.4) is 0 Å². The van der Waals surface area contributed by atoms with Crippen molar-refractivity contribution in [2.24, 2.45) is 0 Å². The third-order valence-electron chi connectivity index (χ3n) is 4.12. The topological polar surface area (TPSA) is 76.5 Å². The zero-order valence-corrected chi connectivity index (χ0v) is 15.0. The lowest BCUT2D eigenvalue weighted by atomic mass is 10.0. The summed E-state index contributed by atoms with van der Waals surface area (Å²) in [5, 5.41) is 7.35. The van der Waals surface area contributed by atoms with Crippen molar-refractivity contribution in [3.63, 3.8) is 0 Å². The number of halogens is 1. The molecule has 1 aromatic heterocycles. The molecule has 1 unspecified atom stereocenters. The average molecular weight is 363 g/mol. The summed E-state index contributed by atoms with van der Waals surface area (Å²) in [6.07, 6.45) is 3.57. The maximum Gasteiger partial charge on any atom is 0.278 e. The molecule has 0 radical (unpaired) electrons. The van der Waals surface area contributed by atoms with E-state index in [1.807, 2.05) is 13.1 Å². The van der Waals surface area contributed by atoms with Gasteiger partial charge in [-0.1, -0.05) is 11.6 Å². The molecule has 2 amide bonds. The molecule has 1 atom stereocenters. The van der Waals surface area contributed by atoms with Gasteiger partial charge in [-0.15, -0.1) is 0 Å². The highest BCUT2D eigenvalue weighted by Crippen LogP contribution is 2.36. The van der Waals surface area contributed by atoms with E-state index in [0.29, 0.717) is 23.0 Å². The number of fused-ring (bicyclic) bond motifs is 1. The molecule has 1 aliphatic rings. The number of benzene rings is 1. The molecule has 2 heterocycles. The van der Waals surface area contributed by atoms with Gasteiger partial charge >= 0.3 is 0 Å². The van der Waals surface area contributed by atoms with Gasteiger partial charge in [0.15, 0.2) is 0 Å². The molecule has 25 heavy (non-hydrogen) atoms. The lowest BCUT2D eigenvalue weighted by molar-refractivity contribution is -0.154. The third-order valence-corrected chi connectivity index (χ3v) is 4.36. The first kappa shape index (κ1) is 17.3. The number of rotatable bonds is 4. The normalized spacial score (nSPS) is 19.0. The van der Waals surface area contributed by atoms with Crippen molar-refractivity contribution in [1.29, 1.82) is 0 Å². The van der Waals surface area contributed by atoms with E-state index in [-0.39, 0.29) is 0 Å². The molecule has 1 aliphatic heterocycles. The summed E-state index contributed by atoms with van der Waals surface area (Å²) in [6.45, 7) is 4.53. The molecule has 8 heteroatoms. The van der Waals surface area contributed by atoms with Crippen LogP contribution in [-0.4, -0.2) is 39.1 Å². The molecule has 0 fully saturated rings. The van der Waals surface area contributed by atoms with E-state index in [2.05, 4.69) is 10.4 Å². The maximum absolute atomic E-state index is 12.9. The molecule has 132 valence electrons. The van der Waals surface area contributed by atoms with Crippen molar-refractivity contribution in [1.82, 2.24) is 14.7 Å². The summed E-state index contributed by atoms with van der Waals surface area (Å²) >= 11 is 5.92. The predicted octanol–water partition coefficient (Wildman–Crippen LogP) is 2.30. The van der Waals surface area contributed by atoms with E-state index in [0.717, 1.165) is 12.1 Å². The number of carbonyl (C=O) groups excluding carboxylic acids is 2. The molecular formula is C17H19ClN4O3. The van der Waals surface area contributed by atoms with E-state index in [1.54, 1.807) is 36.1 Å². The van der Waals surface area contributed by atoms with Crippen LogP contribution in [0.2, 0.25) is 5.02 Å². The number of aryl methyl sites for hydroxylation is 1. The van der Waals surface area contributed by atoms with Crippen LogP contribution in [0.15, 0.2) is 30.6 Å². The van der Waals surface area contributed by atoms with Gasteiger partial charge in [0.1, 0.15) is 5.75 Å². The van der Waals surface area contributed by atoms with Crippen molar-refractivity contribution in [2.75, 3.05) is 12.4 Å². The van der Waals surface area contributed by atoms with Gasteiger partial charge in [0, 0.05) is 36.9 Å². The summed E-state index contributed by atoms with van der Waals surface area (Å²) < 4.78 is 7.53. The van der Waals surface area contributed by atoms with E-state index in [1.165, 1.54) is 11.8 Å². The van der Waals surface area contributed by atoms with Gasteiger partial charge in [0.2, 0.25) is 0 Å². The molecule has 1 N–H and O–H groups in total. The van der Waals surface area contributed by atoms with Crippen LogP contribution in [-0.2, 0) is 22.7 Å². The number of hydrogen-bond donors (Lipinski definition) is 1. The Morgan fingerprint density at radius 2 is 2.24 bits per heavy atom. The van der Waals surface area contributed by atoms with Crippen LogP contribution in [0.1, 0.15) is 19.4 Å². The fourth-order valence-electron chi connectivity index (χ4n) is 2.71. The standard InChI is InChI=1S/C17H19ClN4O3/c1-4-22-10-11(8-19-22)9-21(3)16(24)17(2)15(23)20-13-7-12(18)5-6-14(13)25-17/h5-8,10H,4,9H2,1-3H3,(H,20,23). The Bertz CT molecular complexity index is 835. The van der Waals surface area contributed by atoms with Gasteiger partial charge in [-0.2, -0.15) is 5.10 Å². The van der Waals surface area contributed by atoms with Crippen molar-refractivity contribution in [3.05, 3.63) is 41.2 Å². The first-order chi connectivity index (χ1) is 11.8. The van der Waals surface area contributed by atoms with Gasteiger partial charge in [-0.05, 0) is 32.0 Å². The fourth-order valence-corrected chi connectivity index (χ4v) is 2.88. The Kier molecular flexibility index (Phi) is 4.43. The third kappa shape index (κ3) is 3.19. The first-order valence-corrected chi connectivity index (χ1v) is 8.28. The zero-order valence-electron chi connectivity index (χ0n) is 14.2. The highest BCUT2D eigenvalue weighted by molar-refractivity contribution is 6.31. The number of nitrogens with zero attached hydrogens (tertiary/aromatic N) is 3. The quantitative estimate of drug-likeness (QED) is 0.847. The lowest BCUT2D eigenvalue weighted by Gasteiger charge is -2.35. The Morgan fingerprint density at radius 3 is 2.92 bits per heavy atom. The second-order valence-electron chi connectivity index (χ2n) is 6.10. The second kappa shape index (κ2) is 6.40. The molecule has 0 saturated heterocycles. The minimum absolute atomic E-state index is 0.332. The molecule has 1 aromatic carbocycles. The molecule has 7 nitrogen and oxygen atoms in total. The Hall–Kier alpha value is -2.54. The van der Waals surface area contributed by atoms with Gasteiger partial charge in [0.25, 0.3) is 17.4 Å². The molecule has 0 bridgehead atoms. The highest BCUT2D eigenvalue weighted by atomic mass is 35.5. The van der Waals surface area contributed by atoms with Gasteiger partial charge in [-0.25, -0.2) is 0 Å². The monoisotopic (exact) mass is 362 g/mol. The predicted molar refractivity (Wildman–Crippen MR) is 93.5 cm³/mol. The largest absolute Gasteiger partial charge is 0.466 e. The average Bonchev–Trinajstić information content (AvgIpc) is 3.03. The minimum Gasteiger partial charge on any atom is -0.466 e. The summed E-state index contributed by atoms with van der Waals surface area (Å²) in [5.74, 6) is -0.551. The van der Waals surface area contributed by atoms with Gasteiger partial charge in [0.05, 0.1) is 11.9 Å². The Balaban J connectivity index is 1.80. The Labute approximate surface area is 150 Å². The maximum atomic E-state index is 12.9. The van der Waals surface area contributed by atoms with Crippen molar-refractivity contribution in [2.45, 2.75) is 32.5 Å². The van der Waals surface area contributed by atoms with Crippen LogP contribution < -0.4 is 10.1 Å². The fraction of sp³-hybridized carbons (Fsp3) is 0.353. The molecule has 3 rings (SSSR count). The Morgan fingerprint density at radius 1 is 1.48 bits per heavy atom. The van der Waals surface area contributed by atoms with Crippen molar-refractivity contribution in [3.8, 4) is 5.75 Å². The lowest BCUT2D eigenvalue weighted by Crippen LogP contribution is -2.58. The van der Waals surface area contributed by atoms with Gasteiger partial charge < -0.3 is 15.0 Å². The zero-order chi connectivity index (χ0) is 18.2. The number of carbonyl (C=O) groups is 2. The van der Waals surface area contributed by atoms with Crippen LogP contribution in [0.25, 0.3) is 0 Å².